The van der Waals surface area contributed by atoms with Crippen LogP contribution < -0.4 is 11.3 Å². The first-order valence-corrected chi connectivity index (χ1v) is 7.26. The van der Waals surface area contributed by atoms with E-state index >= 15 is 0 Å². The van der Waals surface area contributed by atoms with Crippen molar-refractivity contribution < 1.29 is 9.53 Å². The van der Waals surface area contributed by atoms with Crippen molar-refractivity contribution in [3.8, 4) is 0 Å². The largest absolute Gasteiger partial charge is 0.378 e. The number of methoxy groups -OCH3 is 1. The molecule has 96 valence electrons. The SMILES string of the molecule is CCCSCc1nc(COC)c(C(=O)NN)s1. The van der Waals surface area contributed by atoms with Gasteiger partial charge in [-0.15, -0.1) is 11.3 Å². The average Bonchev–Trinajstić information content (AvgIpc) is 2.72. The van der Waals surface area contributed by atoms with Gasteiger partial charge in [-0.3, -0.25) is 10.2 Å². The van der Waals surface area contributed by atoms with Gasteiger partial charge in [0.05, 0.1) is 12.3 Å². The van der Waals surface area contributed by atoms with Gasteiger partial charge in [0.1, 0.15) is 9.88 Å². The van der Waals surface area contributed by atoms with Gasteiger partial charge in [0.2, 0.25) is 0 Å². The van der Waals surface area contributed by atoms with Crippen molar-refractivity contribution in [1.82, 2.24) is 10.4 Å². The predicted octanol–water partition coefficient (Wildman–Crippen LogP) is 1.54. The first-order chi connectivity index (χ1) is 8.22. The average molecular weight is 275 g/mol. The lowest BCUT2D eigenvalue weighted by Gasteiger charge is -1.98. The zero-order chi connectivity index (χ0) is 12.7. The molecule has 0 bridgehead atoms. The van der Waals surface area contributed by atoms with Crippen LogP contribution in [0.15, 0.2) is 0 Å². The Kier molecular flexibility index (Phi) is 6.49. The quantitative estimate of drug-likeness (QED) is 0.341. The maximum absolute atomic E-state index is 11.5. The van der Waals surface area contributed by atoms with E-state index in [0.29, 0.717) is 17.2 Å². The van der Waals surface area contributed by atoms with E-state index in [9.17, 15) is 4.79 Å². The van der Waals surface area contributed by atoms with Gasteiger partial charge in [0, 0.05) is 12.9 Å². The lowest BCUT2D eigenvalue weighted by molar-refractivity contribution is 0.0952. The van der Waals surface area contributed by atoms with E-state index in [-0.39, 0.29) is 5.91 Å². The second-order valence-electron chi connectivity index (χ2n) is 3.34. The Morgan fingerprint density at radius 3 is 3.00 bits per heavy atom. The fourth-order valence-corrected chi connectivity index (χ4v) is 3.17. The number of thiazole rings is 1. The van der Waals surface area contributed by atoms with E-state index < -0.39 is 0 Å². The van der Waals surface area contributed by atoms with Crippen molar-refractivity contribution in [3.05, 3.63) is 15.6 Å². The summed E-state index contributed by atoms with van der Waals surface area (Å²) in [6, 6.07) is 0. The third kappa shape index (κ3) is 4.27. The number of rotatable bonds is 7. The first-order valence-electron chi connectivity index (χ1n) is 5.29. The summed E-state index contributed by atoms with van der Waals surface area (Å²) in [4.78, 5) is 16.5. The normalized spacial score (nSPS) is 10.5. The summed E-state index contributed by atoms with van der Waals surface area (Å²) in [6.07, 6.45) is 1.14. The summed E-state index contributed by atoms with van der Waals surface area (Å²) < 4.78 is 5.02. The summed E-state index contributed by atoms with van der Waals surface area (Å²) >= 11 is 3.19. The number of nitrogens with two attached hydrogens (primary N) is 1. The number of nitrogen functional groups attached to an aromatic ring is 1. The van der Waals surface area contributed by atoms with E-state index in [1.165, 1.54) is 11.3 Å². The van der Waals surface area contributed by atoms with Gasteiger partial charge in [0.15, 0.2) is 0 Å². The van der Waals surface area contributed by atoms with Gasteiger partial charge in [-0.25, -0.2) is 10.8 Å². The maximum atomic E-state index is 11.5. The van der Waals surface area contributed by atoms with E-state index in [2.05, 4.69) is 17.3 Å². The molecule has 1 aromatic rings. The van der Waals surface area contributed by atoms with Crippen LogP contribution in [0.1, 0.15) is 33.7 Å². The highest BCUT2D eigenvalue weighted by Gasteiger charge is 2.16. The van der Waals surface area contributed by atoms with Crippen LogP contribution in [0.2, 0.25) is 0 Å². The number of ether oxygens (including phenoxy) is 1. The summed E-state index contributed by atoms with van der Waals surface area (Å²) in [5, 5.41) is 0.939. The van der Waals surface area contributed by atoms with Crippen LogP contribution in [0, 0.1) is 0 Å². The van der Waals surface area contributed by atoms with Gasteiger partial charge < -0.3 is 4.74 Å². The van der Waals surface area contributed by atoms with E-state index in [1.54, 1.807) is 7.11 Å². The second-order valence-corrected chi connectivity index (χ2v) is 5.53. The molecular formula is C10H17N3O2S2. The molecule has 3 N–H and O–H groups in total. The minimum atomic E-state index is -0.304. The molecule has 0 aliphatic carbocycles. The Hall–Kier alpha value is -0.630. The predicted molar refractivity (Wildman–Crippen MR) is 70.9 cm³/mol. The fraction of sp³-hybridized carbons (Fsp3) is 0.600. The summed E-state index contributed by atoms with van der Waals surface area (Å²) in [6.45, 7) is 2.47. The molecule has 0 aliphatic rings. The standard InChI is InChI=1S/C10H17N3O2S2/c1-3-4-16-6-8-12-7(5-15-2)9(17-8)10(14)13-11/h3-6,11H2,1-2H3,(H,13,14). The molecule has 7 heteroatoms. The maximum Gasteiger partial charge on any atom is 0.277 e. The number of nitrogens with one attached hydrogen (secondary N) is 1. The number of carbonyl (C=O) groups excluding carboxylic acids is 1. The summed E-state index contributed by atoms with van der Waals surface area (Å²) in [5.41, 5.74) is 2.79. The van der Waals surface area contributed by atoms with Crippen molar-refractivity contribution in [1.29, 1.82) is 0 Å². The van der Waals surface area contributed by atoms with Crippen LogP contribution >= 0.6 is 23.1 Å². The Morgan fingerprint density at radius 2 is 2.41 bits per heavy atom. The number of hydrogen-bond acceptors (Lipinski definition) is 6. The Bertz CT molecular complexity index is 368. The molecule has 0 saturated heterocycles. The van der Waals surface area contributed by atoms with Crippen LogP contribution in [0.25, 0.3) is 0 Å². The van der Waals surface area contributed by atoms with Crippen LogP contribution in [0.4, 0.5) is 0 Å². The van der Waals surface area contributed by atoms with Crippen molar-refractivity contribution in [2.24, 2.45) is 5.84 Å². The molecule has 1 amide bonds. The number of hydrogen-bond donors (Lipinski definition) is 2. The molecule has 17 heavy (non-hydrogen) atoms. The van der Waals surface area contributed by atoms with Gasteiger partial charge >= 0.3 is 0 Å². The number of hydrazine groups is 1. The molecule has 0 aromatic carbocycles. The third-order valence-electron chi connectivity index (χ3n) is 1.93. The van der Waals surface area contributed by atoms with Crippen LogP contribution in [0.3, 0.4) is 0 Å². The molecule has 0 fully saturated rings. The first kappa shape index (κ1) is 14.4. The minimum Gasteiger partial charge on any atom is -0.378 e. The van der Waals surface area contributed by atoms with Crippen LogP contribution in [-0.4, -0.2) is 23.8 Å². The zero-order valence-corrected chi connectivity index (χ0v) is 11.6. The molecule has 1 heterocycles. The highest BCUT2D eigenvalue weighted by atomic mass is 32.2. The molecule has 1 rings (SSSR count). The topological polar surface area (TPSA) is 77.2 Å². The Morgan fingerprint density at radius 1 is 1.65 bits per heavy atom. The van der Waals surface area contributed by atoms with Crippen LogP contribution in [0.5, 0.6) is 0 Å². The minimum absolute atomic E-state index is 0.304. The van der Waals surface area contributed by atoms with Gasteiger partial charge in [-0.1, -0.05) is 6.92 Å². The number of carbonyl (C=O) groups is 1. The second kappa shape index (κ2) is 7.65. The molecule has 0 spiro atoms. The van der Waals surface area contributed by atoms with Crippen molar-refractivity contribution in [2.45, 2.75) is 25.7 Å². The van der Waals surface area contributed by atoms with Gasteiger partial charge in [0.25, 0.3) is 5.91 Å². The highest BCUT2D eigenvalue weighted by Crippen LogP contribution is 2.23. The molecule has 0 radical (unpaired) electrons. The number of nitrogens with zero attached hydrogens (tertiary/aromatic N) is 1. The number of amides is 1. The number of aromatic nitrogens is 1. The van der Waals surface area contributed by atoms with Crippen LogP contribution in [-0.2, 0) is 17.1 Å². The summed E-state index contributed by atoms with van der Waals surface area (Å²) in [7, 11) is 1.58. The number of thioether (sulfide) groups is 1. The van der Waals surface area contributed by atoms with Crippen molar-refractivity contribution in [2.75, 3.05) is 12.9 Å². The lowest BCUT2D eigenvalue weighted by atomic mass is 10.3. The molecule has 0 aliphatic heterocycles. The third-order valence-corrected chi connectivity index (χ3v) is 4.39. The Balaban J connectivity index is 2.76. The lowest BCUT2D eigenvalue weighted by Crippen LogP contribution is -2.30. The molecular weight excluding hydrogens is 258 g/mol. The van der Waals surface area contributed by atoms with Crippen molar-refractivity contribution >= 4 is 29.0 Å². The Labute approximate surface area is 109 Å². The molecule has 5 nitrogen and oxygen atoms in total. The molecule has 0 atom stereocenters. The summed E-state index contributed by atoms with van der Waals surface area (Å²) in [5.74, 6) is 6.75. The van der Waals surface area contributed by atoms with Crippen molar-refractivity contribution in [3.63, 3.8) is 0 Å². The highest BCUT2D eigenvalue weighted by molar-refractivity contribution is 7.98. The molecule has 1 aromatic heterocycles. The van der Waals surface area contributed by atoms with E-state index in [0.717, 1.165) is 22.9 Å². The van der Waals surface area contributed by atoms with Gasteiger partial charge in [-0.2, -0.15) is 11.8 Å². The molecule has 0 saturated carbocycles. The van der Waals surface area contributed by atoms with E-state index in [1.807, 2.05) is 11.8 Å². The molecule has 0 unspecified atom stereocenters. The van der Waals surface area contributed by atoms with E-state index in [4.69, 9.17) is 10.6 Å². The van der Waals surface area contributed by atoms with Gasteiger partial charge in [-0.05, 0) is 12.2 Å². The monoisotopic (exact) mass is 275 g/mol. The smallest absolute Gasteiger partial charge is 0.277 e. The zero-order valence-electron chi connectivity index (χ0n) is 9.99. The fourth-order valence-electron chi connectivity index (χ4n) is 1.24.